The summed E-state index contributed by atoms with van der Waals surface area (Å²) in [5.41, 5.74) is 2.01. The van der Waals surface area contributed by atoms with Crippen molar-refractivity contribution < 1.29 is 4.74 Å². The SMILES string of the molecule is COc1ncccc1CNc1ncc(C)cn1. The Hall–Kier alpha value is -2.17. The van der Waals surface area contributed by atoms with Crippen LogP contribution in [0.4, 0.5) is 5.95 Å². The van der Waals surface area contributed by atoms with Crippen LogP contribution in [-0.2, 0) is 6.54 Å². The van der Waals surface area contributed by atoms with Crippen molar-refractivity contribution in [1.29, 1.82) is 0 Å². The van der Waals surface area contributed by atoms with Gasteiger partial charge in [0.2, 0.25) is 11.8 Å². The number of pyridine rings is 1. The van der Waals surface area contributed by atoms with Gasteiger partial charge in [-0.3, -0.25) is 0 Å². The maximum atomic E-state index is 5.16. The quantitative estimate of drug-likeness (QED) is 0.867. The maximum Gasteiger partial charge on any atom is 0.222 e. The normalized spacial score (nSPS) is 10.0. The fraction of sp³-hybridized carbons (Fsp3) is 0.250. The largest absolute Gasteiger partial charge is 0.481 e. The summed E-state index contributed by atoms with van der Waals surface area (Å²) >= 11 is 0. The van der Waals surface area contributed by atoms with Crippen molar-refractivity contribution in [3.05, 3.63) is 41.9 Å². The number of hydrogen-bond acceptors (Lipinski definition) is 5. The molecule has 5 heteroatoms. The van der Waals surface area contributed by atoms with Crippen molar-refractivity contribution in [2.24, 2.45) is 0 Å². The van der Waals surface area contributed by atoms with Gasteiger partial charge in [0.25, 0.3) is 0 Å². The molecule has 0 unspecified atom stereocenters. The molecule has 0 amide bonds. The zero-order chi connectivity index (χ0) is 12.1. The highest BCUT2D eigenvalue weighted by Gasteiger charge is 2.03. The molecule has 17 heavy (non-hydrogen) atoms. The van der Waals surface area contributed by atoms with Crippen LogP contribution in [0.25, 0.3) is 0 Å². The summed E-state index contributed by atoms with van der Waals surface area (Å²) in [7, 11) is 1.61. The minimum absolute atomic E-state index is 0.583. The van der Waals surface area contributed by atoms with Gasteiger partial charge in [-0.15, -0.1) is 0 Å². The molecule has 2 heterocycles. The summed E-state index contributed by atoms with van der Waals surface area (Å²) in [6, 6.07) is 3.82. The zero-order valence-corrected chi connectivity index (χ0v) is 9.84. The average Bonchev–Trinajstić information content (AvgIpc) is 2.38. The smallest absolute Gasteiger partial charge is 0.222 e. The second-order valence-electron chi connectivity index (χ2n) is 3.61. The molecule has 0 aromatic carbocycles. The van der Waals surface area contributed by atoms with Gasteiger partial charge in [0.15, 0.2) is 0 Å². The highest BCUT2D eigenvalue weighted by Crippen LogP contribution is 2.14. The molecular formula is C12H14N4O. The Balaban J connectivity index is 2.04. The van der Waals surface area contributed by atoms with Gasteiger partial charge in [0.1, 0.15) is 0 Å². The molecule has 0 atom stereocenters. The minimum atomic E-state index is 0.583. The van der Waals surface area contributed by atoms with Crippen molar-refractivity contribution in [3.8, 4) is 5.88 Å². The van der Waals surface area contributed by atoms with Gasteiger partial charge in [0.05, 0.1) is 7.11 Å². The molecule has 0 saturated heterocycles. The Kier molecular flexibility index (Phi) is 3.49. The van der Waals surface area contributed by atoms with Gasteiger partial charge in [-0.25, -0.2) is 15.0 Å². The molecule has 1 N–H and O–H groups in total. The summed E-state index contributed by atoms with van der Waals surface area (Å²) in [6.45, 7) is 2.54. The monoisotopic (exact) mass is 230 g/mol. The molecule has 0 bridgehead atoms. The van der Waals surface area contributed by atoms with Gasteiger partial charge >= 0.3 is 0 Å². The number of anilines is 1. The van der Waals surface area contributed by atoms with Crippen molar-refractivity contribution in [3.63, 3.8) is 0 Å². The summed E-state index contributed by atoms with van der Waals surface area (Å²) in [5.74, 6) is 1.22. The molecule has 2 aromatic heterocycles. The van der Waals surface area contributed by atoms with Gasteiger partial charge in [0, 0.05) is 30.7 Å². The van der Waals surface area contributed by atoms with Crippen LogP contribution in [0.2, 0.25) is 0 Å². The molecule has 0 aliphatic rings. The van der Waals surface area contributed by atoms with E-state index in [1.54, 1.807) is 25.7 Å². The average molecular weight is 230 g/mol. The molecule has 5 nitrogen and oxygen atoms in total. The molecule has 0 saturated carbocycles. The van der Waals surface area contributed by atoms with E-state index < -0.39 is 0 Å². The Morgan fingerprint density at radius 3 is 2.71 bits per heavy atom. The molecule has 0 fully saturated rings. The number of nitrogens with zero attached hydrogens (tertiary/aromatic N) is 3. The van der Waals surface area contributed by atoms with E-state index in [1.165, 1.54) is 0 Å². The lowest BCUT2D eigenvalue weighted by Gasteiger charge is -2.08. The van der Waals surface area contributed by atoms with E-state index in [2.05, 4.69) is 20.3 Å². The van der Waals surface area contributed by atoms with Crippen molar-refractivity contribution >= 4 is 5.95 Å². The lowest BCUT2D eigenvalue weighted by atomic mass is 10.3. The minimum Gasteiger partial charge on any atom is -0.481 e. The van der Waals surface area contributed by atoms with E-state index in [-0.39, 0.29) is 0 Å². The van der Waals surface area contributed by atoms with Crippen LogP contribution in [0.3, 0.4) is 0 Å². The van der Waals surface area contributed by atoms with Gasteiger partial charge in [-0.2, -0.15) is 0 Å². The first kappa shape index (κ1) is 11.3. The Bertz CT molecular complexity index is 484. The number of nitrogens with one attached hydrogen (secondary N) is 1. The summed E-state index contributed by atoms with van der Waals surface area (Å²) in [4.78, 5) is 12.5. The Morgan fingerprint density at radius 1 is 1.24 bits per heavy atom. The van der Waals surface area contributed by atoms with Crippen LogP contribution >= 0.6 is 0 Å². The van der Waals surface area contributed by atoms with Crippen LogP contribution in [-0.4, -0.2) is 22.1 Å². The molecule has 2 aromatic rings. The van der Waals surface area contributed by atoms with Crippen LogP contribution in [0.1, 0.15) is 11.1 Å². The van der Waals surface area contributed by atoms with E-state index >= 15 is 0 Å². The van der Waals surface area contributed by atoms with Crippen LogP contribution in [0, 0.1) is 6.92 Å². The third-order valence-corrected chi connectivity index (χ3v) is 2.26. The molecular weight excluding hydrogens is 216 g/mol. The number of ether oxygens (including phenoxy) is 1. The van der Waals surface area contributed by atoms with Crippen molar-refractivity contribution in [2.45, 2.75) is 13.5 Å². The second kappa shape index (κ2) is 5.25. The third-order valence-electron chi connectivity index (χ3n) is 2.26. The van der Waals surface area contributed by atoms with Crippen LogP contribution in [0.5, 0.6) is 5.88 Å². The van der Waals surface area contributed by atoms with Crippen LogP contribution in [0.15, 0.2) is 30.7 Å². The van der Waals surface area contributed by atoms with Crippen LogP contribution < -0.4 is 10.1 Å². The highest BCUT2D eigenvalue weighted by atomic mass is 16.5. The Labute approximate surface area is 99.9 Å². The standard InChI is InChI=1S/C12H14N4O/c1-9-6-14-12(15-7-9)16-8-10-4-3-5-13-11(10)17-2/h3-7H,8H2,1-2H3,(H,14,15,16). The first-order valence-electron chi connectivity index (χ1n) is 5.30. The van der Waals surface area contributed by atoms with Gasteiger partial charge < -0.3 is 10.1 Å². The molecule has 0 radical (unpaired) electrons. The highest BCUT2D eigenvalue weighted by molar-refractivity contribution is 5.31. The van der Waals surface area contributed by atoms with E-state index in [4.69, 9.17) is 4.74 Å². The lowest BCUT2D eigenvalue weighted by molar-refractivity contribution is 0.393. The maximum absolute atomic E-state index is 5.16. The van der Waals surface area contributed by atoms with E-state index in [1.807, 2.05) is 19.1 Å². The van der Waals surface area contributed by atoms with E-state index in [9.17, 15) is 0 Å². The summed E-state index contributed by atoms with van der Waals surface area (Å²) in [5, 5.41) is 3.12. The number of aromatic nitrogens is 3. The third kappa shape index (κ3) is 2.90. The number of hydrogen-bond donors (Lipinski definition) is 1. The number of rotatable bonds is 4. The topological polar surface area (TPSA) is 59.9 Å². The second-order valence-corrected chi connectivity index (χ2v) is 3.61. The summed E-state index contributed by atoms with van der Waals surface area (Å²) < 4.78 is 5.16. The number of aryl methyl sites for hydroxylation is 1. The molecule has 2 rings (SSSR count). The zero-order valence-electron chi connectivity index (χ0n) is 9.84. The van der Waals surface area contributed by atoms with E-state index in [0.29, 0.717) is 18.4 Å². The Morgan fingerprint density at radius 2 is 2.00 bits per heavy atom. The first-order chi connectivity index (χ1) is 8.29. The lowest BCUT2D eigenvalue weighted by Crippen LogP contribution is -2.05. The summed E-state index contributed by atoms with van der Waals surface area (Å²) in [6.07, 6.45) is 5.25. The molecule has 88 valence electrons. The fourth-order valence-electron chi connectivity index (χ4n) is 1.40. The fourth-order valence-corrected chi connectivity index (χ4v) is 1.40. The number of methoxy groups -OCH3 is 1. The van der Waals surface area contributed by atoms with Crippen molar-refractivity contribution in [1.82, 2.24) is 15.0 Å². The first-order valence-corrected chi connectivity index (χ1v) is 5.30. The van der Waals surface area contributed by atoms with E-state index in [0.717, 1.165) is 11.1 Å². The van der Waals surface area contributed by atoms with Crippen molar-refractivity contribution in [2.75, 3.05) is 12.4 Å². The molecule has 0 aliphatic heterocycles. The van der Waals surface area contributed by atoms with Gasteiger partial charge in [-0.1, -0.05) is 6.07 Å². The van der Waals surface area contributed by atoms with Gasteiger partial charge in [-0.05, 0) is 18.6 Å². The molecule has 0 spiro atoms. The predicted octanol–water partition coefficient (Wildman–Crippen LogP) is 1.80. The predicted molar refractivity (Wildman–Crippen MR) is 64.9 cm³/mol. The molecule has 0 aliphatic carbocycles.